The third-order valence-corrected chi connectivity index (χ3v) is 3.85. The first-order chi connectivity index (χ1) is 8.51. The number of amides is 2. The van der Waals surface area contributed by atoms with Gasteiger partial charge in [0.1, 0.15) is 0 Å². The maximum atomic E-state index is 12.0. The largest absolute Gasteiger partial charge is 0.352 e. The average Bonchev–Trinajstić information content (AvgIpc) is 2.54. The van der Waals surface area contributed by atoms with E-state index < -0.39 is 0 Å². The van der Waals surface area contributed by atoms with Crippen molar-refractivity contribution in [2.75, 3.05) is 26.2 Å². The zero-order valence-corrected chi connectivity index (χ0v) is 11.3. The minimum atomic E-state index is -0.0515. The molecule has 0 aliphatic carbocycles. The Hall–Kier alpha value is -1.10. The molecular formula is C13H23N3O2. The fraction of sp³-hybridized carbons (Fsp3) is 0.846. The maximum Gasteiger partial charge on any atom is 0.239 e. The zero-order chi connectivity index (χ0) is 13.2. The number of nitrogens with zero attached hydrogens (tertiary/aromatic N) is 1. The summed E-state index contributed by atoms with van der Waals surface area (Å²) in [6, 6.07) is 0.128. The lowest BCUT2D eigenvalue weighted by Gasteiger charge is -2.33. The molecule has 0 bridgehead atoms. The molecule has 18 heavy (non-hydrogen) atoms. The van der Waals surface area contributed by atoms with Crippen molar-refractivity contribution < 1.29 is 9.59 Å². The van der Waals surface area contributed by atoms with Crippen LogP contribution in [0, 0.1) is 5.41 Å². The Morgan fingerprint density at radius 2 is 2.11 bits per heavy atom. The Labute approximate surface area is 108 Å². The van der Waals surface area contributed by atoms with E-state index in [-0.39, 0.29) is 29.8 Å². The topological polar surface area (TPSA) is 61.4 Å². The molecule has 0 saturated carbocycles. The Bertz CT molecular complexity index is 335. The van der Waals surface area contributed by atoms with Gasteiger partial charge in [-0.05, 0) is 45.2 Å². The van der Waals surface area contributed by atoms with Gasteiger partial charge in [-0.1, -0.05) is 0 Å². The van der Waals surface area contributed by atoms with Crippen molar-refractivity contribution >= 4 is 11.8 Å². The van der Waals surface area contributed by atoms with Gasteiger partial charge in [0.15, 0.2) is 0 Å². The molecule has 2 amide bonds. The van der Waals surface area contributed by atoms with Gasteiger partial charge in [0.05, 0.1) is 6.54 Å². The maximum absolute atomic E-state index is 12.0. The van der Waals surface area contributed by atoms with Crippen LogP contribution >= 0.6 is 0 Å². The molecule has 0 aromatic carbocycles. The van der Waals surface area contributed by atoms with E-state index in [9.17, 15) is 9.59 Å². The number of hydrogen-bond donors (Lipinski definition) is 2. The van der Waals surface area contributed by atoms with Crippen molar-refractivity contribution in [3.05, 3.63) is 0 Å². The highest BCUT2D eigenvalue weighted by Gasteiger charge is 2.43. The van der Waals surface area contributed by atoms with Crippen LogP contribution in [0.2, 0.25) is 0 Å². The van der Waals surface area contributed by atoms with E-state index in [1.54, 1.807) is 4.90 Å². The summed E-state index contributed by atoms with van der Waals surface area (Å²) in [6.07, 6.45) is 2.70. The van der Waals surface area contributed by atoms with E-state index in [4.69, 9.17) is 0 Å². The normalized spacial score (nSPS) is 22.8. The van der Waals surface area contributed by atoms with E-state index >= 15 is 0 Å². The number of hydrogen-bond acceptors (Lipinski definition) is 3. The lowest BCUT2D eigenvalue weighted by molar-refractivity contribution is -0.133. The molecule has 0 radical (unpaired) electrons. The summed E-state index contributed by atoms with van der Waals surface area (Å²) in [6.45, 7) is 6.79. The molecule has 2 aliphatic rings. The minimum Gasteiger partial charge on any atom is -0.352 e. The van der Waals surface area contributed by atoms with Crippen LogP contribution in [-0.2, 0) is 9.59 Å². The number of likely N-dealkylation sites (tertiary alicyclic amines) is 1. The van der Waals surface area contributed by atoms with Crippen LogP contribution in [0.25, 0.3) is 0 Å². The Morgan fingerprint density at radius 1 is 1.44 bits per heavy atom. The fourth-order valence-electron chi connectivity index (χ4n) is 2.96. The molecule has 0 atom stereocenters. The highest BCUT2D eigenvalue weighted by molar-refractivity contribution is 5.86. The highest BCUT2D eigenvalue weighted by atomic mass is 16.2. The van der Waals surface area contributed by atoms with Crippen LogP contribution < -0.4 is 10.6 Å². The summed E-state index contributed by atoms with van der Waals surface area (Å²) in [5, 5.41) is 6.16. The molecule has 5 heteroatoms. The van der Waals surface area contributed by atoms with Crippen LogP contribution in [-0.4, -0.2) is 48.9 Å². The standard InChI is InChI=1S/C13H23N3O2/c1-10(2)15-11(17)8-16-9-13(7-12(16)18)3-5-14-6-4-13/h10,14H,3-9H2,1-2H3,(H,15,17). The van der Waals surface area contributed by atoms with E-state index in [0.717, 1.165) is 32.5 Å². The van der Waals surface area contributed by atoms with Gasteiger partial charge in [-0.15, -0.1) is 0 Å². The van der Waals surface area contributed by atoms with Gasteiger partial charge in [0.2, 0.25) is 11.8 Å². The molecule has 2 N–H and O–H groups in total. The Kier molecular flexibility index (Phi) is 3.90. The molecular weight excluding hydrogens is 230 g/mol. The monoisotopic (exact) mass is 253 g/mol. The summed E-state index contributed by atoms with van der Waals surface area (Å²) in [4.78, 5) is 25.4. The van der Waals surface area contributed by atoms with Crippen LogP contribution in [0.15, 0.2) is 0 Å². The molecule has 102 valence electrons. The first kappa shape index (κ1) is 13.3. The first-order valence-corrected chi connectivity index (χ1v) is 6.79. The second-order valence-corrected chi connectivity index (χ2v) is 5.90. The number of nitrogens with one attached hydrogen (secondary N) is 2. The summed E-state index contributed by atoms with van der Waals surface area (Å²) < 4.78 is 0. The van der Waals surface area contributed by atoms with Crippen molar-refractivity contribution in [3.63, 3.8) is 0 Å². The molecule has 2 fully saturated rings. The number of piperidine rings is 1. The minimum absolute atomic E-state index is 0.0515. The predicted octanol–water partition coefficient (Wildman–Crippen LogP) is 0.113. The van der Waals surface area contributed by atoms with Crippen molar-refractivity contribution in [1.82, 2.24) is 15.5 Å². The lowest BCUT2D eigenvalue weighted by atomic mass is 9.78. The van der Waals surface area contributed by atoms with Crippen molar-refractivity contribution in [2.24, 2.45) is 5.41 Å². The quantitative estimate of drug-likeness (QED) is 0.750. The van der Waals surface area contributed by atoms with Crippen LogP contribution in [0.5, 0.6) is 0 Å². The molecule has 1 spiro atoms. The smallest absolute Gasteiger partial charge is 0.239 e. The molecule has 0 aromatic heterocycles. The van der Waals surface area contributed by atoms with Gasteiger partial charge in [-0.2, -0.15) is 0 Å². The fourth-order valence-corrected chi connectivity index (χ4v) is 2.96. The summed E-state index contributed by atoms with van der Waals surface area (Å²) in [5.41, 5.74) is 0.125. The van der Waals surface area contributed by atoms with E-state index in [0.29, 0.717) is 6.42 Å². The van der Waals surface area contributed by atoms with E-state index in [1.807, 2.05) is 13.8 Å². The van der Waals surface area contributed by atoms with Crippen molar-refractivity contribution in [2.45, 2.75) is 39.2 Å². The van der Waals surface area contributed by atoms with E-state index in [1.165, 1.54) is 0 Å². The Morgan fingerprint density at radius 3 is 2.72 bits per heavy atom. The molecule has 2 aliphatic heterocycles. The molecule has 5 nitrogen and oxygen atoms in total. The third-order valence-electron chi connectivity index (χ3n) is 3.85. The lowest BCUT2D eigenvalue weighted by Crippen LogP contribution is -2.42. The van der Waals surface area contributed by atoms with Gasteiger partial charge < -0.3 is 15.5 Å². The second-order valence-electron chi connectivity index (χ2n) is 5.90. The second kappa shape index (κ2) is 5.26. The van der Waals surface area contributed by atoms with Gasteiger partial charge in [-0.3, -0.25) is 9.59 Å². The predicted molar refractivity (Wildman–Crippen MR) is 69.0 cm³/mol. The van der Waals surface area contributed by atoms with E-state index in [2.05, 4.69) is 10.6 Å². The molecule has 2 heterocycles. The highest BCUT2D eigenvalue weighted by Crippen LogP contribution is 2.38. The zero-order valence-electron chi connectivity index (χ0n) is 11.3. The van der Waals surface area contributed by atoms with Crippen molar-refractivity contribution in [3.8, 4) is 0 Å². The van der Waals surface area contributed by atoms with Crippen LogP contribution in [0.4, 0.5) is 0 Å². The molecule has 2 rings (SSSR count). The third kappa shape index (κ3) is 3.02. The average molecular weight is 253 g/mol. The SMILES string of the molecule is CC(C)NC(=O)CN1CC2(CCNCC2)CC1=O. The summed E-state index contributed by atoms with van der Waals surface area (Å²) in [5.74, 6) is 0.0835. The van der Waals surface area contributed by atoms with Gasteiger partial charge in [-0.25, -0.2) is 0 Å². The summed E-state index contributed by atoms with van der Waals surface area (Å²) >= 11 is 0. The number of carbonyl (C=O) groups excluding carboxylic acids is 2. The molecule has 0 unspecified atom stereocenters. The molecule has 0 aromatic rings. The summed E-state index contributed by atoms with van der Waals surface area (Å²) in [7, 11) is 0. The van der Waals surface area contributed by atoms with Crippen LogP contribution in [0.3, 0.4) is 0 Å². The van der Waals surface area contributed by atoms with Gasteiger partial charge >= 0.3 is 0 Å². The van der Waals surface area contributed by atoms with Crippen LogP contribution in [0.1, 0.15) is 33.1 Å². The van der Waals surface area contributed by atoms with Gasteiger partial charge in [0, 0.05) is 19.0 Å². The van der Waals surface area contributed by atoms with Gasteiger partial charge in [0.25, 0.3) is 0 Å². The number of carbonyl (C=O) groups is 2. The number of rotatable bonds is 3. The van der Waals surface area contributed by atoms with Crippen molar-refractivity contribution in [1.29, 1.82) is 0 Å². The first-order valence-electron chi connectivity index (χ1n) is 6.79. The molecule has 2 saturated heterocycles. The Balaban J connectivity index is 1.90.